The standard InChI is InChI=1S/C19H14F3NO6S/c1-11-5-7-12(8-6-11)30(27,28)23-9-13(18(26)19(20,21)22)17-14(23)3-2-4-15(17)29-10-16(24)25/h2-9H,10H2,1H3,(H,24,25). The van der Waals surface area contributed by atoms with Crippen molar-refractivity contribution < 1.29 is 41.0 Å². The average Bonchev–Trinajstić information content (AvgIpc) is 3.06. The van der Waals surface area contributed by atoms with Crippen molar-refractivity contribution in [2.45, 2.75) is 18.0 Å². The summed E-state index contributed by atoms with van der Waals surface area (Å²) < 4.78 is 71.1. The lowest BCUT2D eigenvalue weighted by atomic mass is 10.1. The third-order valence-corrected chi connectivity index (χ3v) is 5.88. The maximum Gasteiger partial charge on any atom is 0.454 e. The van der Waals surface area contributed by atoms with E-state index in [9.17, 15) is 31.2 Å². The summed E-state index contributed by atoms with van der Waals surface area (Å²) in [6.45, 7) is 0.836. The molecule has 0 aliphatic heterocycles. The lowest BCUT2D eigenvalue weighted by molar-refractivity contribution is -0.139. The van der Waals surface area contributed by atoms with E-state index in [1.807, 2.05) is 0 Å². The maximum atomic E-state index is 13.1. The number of ketones is 1. The second-order valence-corrected chi connectivity index (χ2v) is 8.13. The van der Waals surface area contributed by atoms with E-state index in [4.69, 9.17) is 9.84 Å². The van der Waals surface area contributed by atoms with E-state index in [1.165, 1.54) is 36.4 Å². The van der Waals surface area contributed by atoms with Gasteiger partial charge in [0.2, 0.25) is 0 Å². The van der Waals surface area contributed by atoms with Gasteiger partial charge < -0.3 is 9.84 Å². The first kappa shape index (κ1) is 21.4. The van der Waals surface area contributed by atoms with Crippen LogP contribution >= 0.6 is 0 Å². The van der Waals surface area contributed by atoms with Crippen molar-refractivity contribution >= 4 is 32.7 Å². The Bertz CT molecular complexity index is 1240. The van der Waals surface area contributed by atoms with Gasteiger partial charge in [0.25, 0.3) is 15.8 Å². The number of aromatic nitrogens is 1. The molecule has 3 aromatic rings. The highest BCUT2D eigenvalue weighted by Gasteiger charge is 2.42. The number of carboxylic acid groups (broad SMARTS) is 1. The van der Waals surface area contributed by atoms with E-state index in [-0.39, 0.29) is 16.2 Å². The molecule has 1 aromatic heterocycles. The van der Waals surface area contributed by atoms with Crippen LogP contribution in [0.2, 0.25) is 0 Å². The summed E-state index contributed by atoms with van der Waals surface area (Å²) in [5, 5.41) is 8.34. The molecule has 7 nitrogen and oxygen atoms in total. The van der Waals surface area contributed by atoms with E-state index in [0.29, 0.717) is 10.2 Å². The van der Waals surface area contributed by atoms with Crippen LogP contribution in [0.5, 0.6) is 5.75 Å². The third-order valence-electron chi connectivity index (χ3n) is 4.19. The molecular weight excluding hydrogens is 427 g/mol. The number of aryl methyl sites for hydroxylation is 1. The molecule has 0 atom stereocenters. The number of nitrogens with zero attached hydrogens (tertiary/aromatic N) is 1. The molecule has 0 amide bonds. The van der Waals surface area contributed by atoms with Crippen LogP contribution in [0.1, 0.15) is 15.9 Å². The largest absolute Gasteiger partial charge is 0.481 e. The zero-order valence-electron chi connectivity index (χ0n) is 15.3. The maximum absolute atomic E-state index is 13.1. The Morgan fingerprint density at radius 2 is 1.73 bits per heavy atom. The molecule has 11 heteroatoms. The fourth-order valence-electron chi connectivity index (χ4n) is 2.83. The number of alkyl halides is 3. The van der Waals surface area contributed by atoms with Gasteiger partial charge >= 0.3 is 12.1 Å². The fraction of sp³-hybridized carbons (Fsp3) is 0.158. The van der Waals surface area contributed by atoms with Crippen molar-refractivity contribution in [2.24, 2.45) is 0 Å². The van der Waals surface area contributed by atoms with Gasteiger partial charge in [0.15, 0.2) is 6.61 Å². The number of carbonyl (C=O) groups excluding carboxylic acids is 1. The molecule has 3 rings (SSSR count). The number of halogens is 3. The molecule has 0 spiro atoms. The first-order chi connectivity index (χ1) is 13.9. The molecule has 0 radical (unpaired) electrons. The lowest BCUT2D eigenvalue weighted by Gasteiger charge is -2.09. The van der Waals surface area contributed by atoms with Crippen molar-refractivity contribution in [1.29, 1.82) is 0 Å². The minimum absolute atomic E-state index is 0.201. The van der Waals surface area contributed by atoms with E-state index in [2.05, 4.69) is 0 Å². The van der Waals surface area contributed by atoms with Crippen molar-refractivity contribution in [3.05, 3.63) is 59.8 Å². The minimum Gasteiger partial charge on any atom is -0.481 e. The van der Waals surface area contributed by atoms with Gasteiger partial charge in [0, 0.05) is 6.20 Å². The smallest absolute Gasteiger partial charge is 0.454 e. The summed E-state index contributed by atoms with van der Waals surface area (Å²) in [6.07, 6.45) is -4.71. The van der Waals surface area contributed by atoms with Crippen LogP contribution in [0, 0.1) is 6.92 Å². The topological polar surface area (TPSA) is 103 Å². The first-order valence-corrected chi connectivity index (χ1v) is 9.79. The van der Waals surface area contributed by atoms with Gasteiger partial charge in [-0.1, -0.05) is 23.8 Å². The second kappa shape index (κ2) is 7.48. The van der Waals surface area contributed by atoms with E-state index < -0.39 is 45.5 Å². The predicted molar refractivity (Wildman–Crippen MR) is 99.2 cm³/mol. The molecule has 158 valence electrons. The highest BCUT2D eigenvalue weighted by atomic mass is 32.2. The summed E-state index contributed by atoms with van der Waals surface area (Å²) in [5.41, 5.74) is -0.455. The number of benzene rings is 2. The number of ether oxygens (including phenoxy) is 1. The summed E-state index contributed by atoms with van der Waals surface area (Å²) in [7, 11) is -4.36. The molecule has 30 heavy (non-hydrogen) atoms. The quantitative estimate of drug-likeness (QED) is 0.589. The number of hydrogen-bond acceptors (Lipinski definition) is 5. The minimum atomic E-state index is -5.29. The average molecular weight is 441 g/mol. The second-order valence-electron chi connectivity index (χ2n) is 6.32. The molecule has 0 unspecified atom stereocenters. The Labute approximate surface area is 168 Å². The number of Topliss-reactive ketones (excluding diaryl/α,β-unsaturated/α-hetero) is 1. The number of fused-ring (bicyclic) bond motifs is 1. The SMILES string of the molecule is Cc1ccc(S(=O)(=O)n2cc(C(=O)C(F)(F)F)c3c(OCC(=O)O)cccc32)cc1. The lowest BCUT2D eigenvalue weighted by Crippen LogP contribution is -2.22. The molecular formula is C19H14F3NO6S. The van der Waals surface area contributed by atoms with Crippen LogP contribution in [-0.4, -0.2) is 42.0 Å². The first-order valence-electron chi connectivity index (χ1n) is 8.35. The van der Waals surface area contributed by atoms with Crippen molar-refractivity contribution in [1.82, 2.24) is 3.97 Å². The van der Waals surface area contributed by atoms with Crippen molar-refractivity contribution in [3.63, 3.8) is 0 Å². The van der Waals surface area contributed by atoms with Gasteiger partial charge in [-0.05, 0) is 31.2 Å². The molecule has 0 saturated carbocycles. The Morgan fingerprint density at radius 3 is 2.30 bits per heavy atom. The van der Waals surface area contributed by atoms with Gasteiger partial charge in [0.05, 0.1) is 21.4 Å². The zero-order valence-corrected chi connectivity index (χ0v) is 16.1. The van der Waals surface area contributed by atoms with Crippen LogP contribution in [0.3, 0.4) is 0 Å². The Morgan fingerprint density at radius 1 is 1.10 bits per heavy atom. The normalized spacial score (nSPS) is 12.1. The van der Waals surface area contributed by atoms with Crippen molar-refractivity contribution in [3.8, 4) is 5.75 Å². The summed E-state index contributed by atoms with van der Waals surface area (Å²) in [4.78, 5) is 22.6. The van der Waals surface area contributed by atoms with E-state index in [1.54, 1.807) is 6.92 Å². The number of carboxylic acids is 1. The van der Waals surface area contributed by atoms with Crippen LogP contribution < -0.4 is 4.74 Å². The predicted octanol–water partition coefficient (Wildman–Crippen LogP) is 3.40. The van der Waals surface area contributed by atoms with Crippen LogP contribution in [0.15, 0.2) is 53.6 Å². The number of rotatable bonds is 6. The molecule has 0 aliphatic rings. The number of hydrogen-bond donors (Lipinski definition) is 1. The van der Waals surface area contributed by atoms with Crippen LogP contribution in [0.25, 0.3) is 10.9 Å². The molecule has 0 saturated heterocycles. The molecule has 2 aromatic carbocycles. The van der Waals surface area contributed by atoms with Gasteiger partial charge in [-0.15, -0.1) is 0 Å². The Hall–Kier alpha value is -3.34. The monoisotopic (exact) mass is 441 g/mol. The van der Waals surface area contributed by atoms with Gasteiger partial charge in [-0.3, -0.25) is 4.79 Å². The highest BCUT2D eigenvalue weighted by Crippen LogP contribution is 2.36. The Balaban J connectivity index is 2.31. The molecule has 0 aliphatic carbocycles. The molecule has 0 fully saturated rings. The highest BCUT2D eigenvalue weighted by molar-refractivity contribution is 7.90. The summed E-state index contributed by atoms with van der Waals surface area (Å²) in [5.74, 6) is -4.04. The molecule has 1 N–H and O–H groups in total. The van der Waals surface area contributed by atoms with E-state index >= 15 is 0 Å². The Kier molecular flexibility index (Phi) is 5.33. The fourth-order valence-corrected chi connectivity index (χ4v) is 4.19. The van der Waals surface area contributed by atoms with Gasteiger partial charge in [0.1, 0.15) is 5.75 Å². The summed E-state index contributed by atoms with van der Waals surface area (Å²) in [6, 6.07) is 9.23. The number of aliphatic carboxylic acids is 1. The molecule has 0 bridgehead atoms. The van der Waals surface area contributed by atoms with Gasteiger partial charge in [-0.2, -0.15) is 13.2 Å². The number of carbonyl (C=O) groups is 2. The third kappa shape index (κ3) is 3.88. The van der Waals surface area contributed by atoms with Crippen LogP contribution in [0.4, 0.5) is 13.2 Å². The van der Waals surface area contributed by atoms with Crippen molar-refractivity contribution in [2.75, 3.05) is 6.61 Å². The van der Waals surface area contributed by atoms with Gasteiger partial charge in [-0.25, -0.2) is 17.2 Å². The zero-order chi connectivity index (χ0) is 22.3. The molecule has 1 heterocycles. The van der Waals surface area contributed by atoms with Crippen LogP contribution in [-0.2, 0) is 14.8 Å². The summed E-state index contributed by atoms with van der Waals surface area (Å²) >= 11 is 0. The van der Waals surface area contributed by atoms with E-state index in [0.717, 1.165) is 11.6 Å².